The summed E-state index contributed by atoms with van der Waals surface area (Å²) in [7, 11) is 0. The first-order valence-electron chi connectivity index (χ1n) is 11.6. The van der Waals surface area contributed by atoms with Crippen LogP contribution in [0.3, 0.4) is 0 Å². The molecule has 37 heavy (non-hydrogen) atoms. The minimum atomic E-state index is -1.71. The van der Waals surface area contributed by atoms with Crippen LogP contribution in [-0.4, -0.2) is 58.5 Å². The van der Waals surface area contributed by atoms with Crippen LogP contribution < -0.4 is 20.1 Å². The van der Waals surface area contributed by atoms with Crippen molar-refractivity contribution in [3.05, 3.63) is 58.1 Å². The van der Waals surface area contributed by atoms with Gasteiger partial charge in [0, 0.05) is 24.1 Å². The Morgan fingerprint density at radius 1 is 0.865 bits per heavy atom. The fourth-order valence-corrected chi connectivity index (χ4v) is 5.45. The number of halogens is 4. The number of nitrogens with one attached hydrogen (secondary N) is 2. The number of aliphatic hydroxyl groups is 2. The molecule has 0 heterocycles. The monoisotopic (exact) mass is 558 g/mol. The summed E-state index contributed by atoms with van der Waals surface area (Å²) in [5.74, 6) is -2.13. The predicted octanol–water partition coefficient (Wildman–Crippen LogP) is 3.14. The van der Waals surface area contributed by atoms with Gasteiger partial charge in [-0.15, -0.1) is 0 Å². The van der Waals surface area contributed by atoms with E-state index in [1.54, 1.807) is 0 Å². The predicted molar refractivity (Wildman–Crippen MR) is 131 cm³/mol. The van der Waals surface area contributed by atoms with Gasteiger partial charge in [-0.25, -0.2) is 8.78 Å². The first-order chi connectivity index (χ1) is 17.5. The number of carbonyl (C=O) groups is 2. The van der Waals surface area contributed by atoms with Gasteiger partial charge in [0.05, 0.1) is 22.2 Å². The molecule has 200 valence electrons. The lowest BCUT2D eigenvalue weighted by molar-refractivity contribution is -0.174. The summed E-state index contributed by atoms with van der Waals surface area (Å²) in [5.41, 5.74) is -3.65. The van der Waals surface area contributed by atoms with Gasteiger partial charge in [0.1, 0.15) is 28.7 Å². The lowest BCUT2D eigenvalue weighted by atomic mass is 9.54. The molecule has 3 saturated carbocycles. The molecule has 0 spiro atoms. The van der Waals surface area contributed by atoms with E-state index in [-0.39, 0.29) is 47.4 Å². The normalized spacial score (nSPS) is 26.4. The Hall–Kier alpha value is -2.66. The van der Waals surface area contributed by atoms with E-state index in [9.17, 15) is 28.6 Å². The molecule has 2 amide bonds. The molecule has 4 N–H and O–H groups in total. The quantitative estimate of drug-likeness (QED) is 0.375. The molecule has 0 saturated heterocycles. The van der Waals surface area contributed by atoms with Crippen LogP contribution in [0.2, 0.25) is 10.0 Å². The molecule has 0 radical (unpaired) electrons. The number of ether oxygens (including phenoxy) is 2. The van der Waals surface area contributed by atoms with E-state index in [4.69, 9.17) is 32.7 Å². The van der Waals surface area contributed by atoms with Gasteiger partial charge in [0.2, 0.25) is 0 Å². The van der Waals surface area contributed by atoms with Crippen LogP contribution in [0.5, 0.6) is 11.5 Å². The van der Waals surface area contributed by atoms with E-state index in [0.29, 0.717) is 12.8 Å². The van der Waals surface area contributed by atoms with Crippen molar-refractivity contribution in [1.82, 2.24) is 10.6 Å². The van der Waals surface area contributed by atoms with Gasteiger partial charge in [-0.3, -0.25) is 9.59 Å². The zero-order chi connectivity index (χ0) is 26.8. The van der Waals surface area contributed by atoms with Crippen LogP contribution >= 0.6 is 23.2 Å². The zero-order valence-electron chi connectivity index (χ0n) is 19.7. The van der Waals surface area contributed by atoms with E-state index >= 15 is 0 Å². The number of fused-ring (bicyclic) bond motifs is 3. The highest BCUT2D eigenvalue weighted by Gasteiger charge is 2.63. The van der Waals surface area contributed by atoms with Crippen molar-refractivity contribution in [3.63, 3.8) is 0 Å². The molecule has 2 aromatic rings. The van der Waals surface area contributed by atoms with Crippen LogP contribution in [0.25, 0.3) is 0 Å². The summed E-state index contributed by atoms with van der Waals surface area (Å²) >= 11 is 11.3. The first kappa shape index (κ1) is 27.4. The minimum Gasteiger partial charge on any atom is -0.484 e. The Labute approximate surface area is 221 Å². The number of benzene rings is 2. The Kier molecular flexibility index (Phi) is 7.85. The lowest BCUT2D eigenvalue weighted by Gasteiger charge is -2.61. The molecular weight excluding hydrogens is 533 g/mol. The third-order valence-corrected chi connectivity index (χ3v) is 7.76. The molecule has 0 aliphatic heterocycles. The Bertz CT molecular complexity index is 1190. The van der Waals surface area contributed by atoms with Gasteiger partial charge in [-0.05, 0) is 49.9 Å². The largest absolute Gasteiger partial charge is 0.484 e. The Morgan fingerprint density at radius 3 is 1.81 bits per heavy atom. The molecule has 8 nitrogen and oxygen atoms in total. The number of carbonyl (C=O) groups excluding carboxylic acids is 2. The van der Waals surface area contributed by atoms with Crippen molar-refractivity contribution in [1.29, 1.82) is 0 Å². The van der Waals surface area contributed by atoms with Gasteiger partial charge < -0.3 is 30.3 Å². The smallest absolute Gasteiger partial charge is 0.258 e. The highest BCUT2D eigenvalue weighted by Crippen LogP contribution is 2.52. The topological polar surface area (TPSA) is 117 Å². The fraction of sp³-hybridized carbons (Fsp3) is 0.440. The number of aliphatic hydroxyl groups excluding tert-OH is 1. The number of amides is 2. The van der Waals surface area contributed by atoms with Crippen molar-refractivity contribution in [3.8, 4) is 11.5 Å². The van der Waals surface area contributed by atoms with Crippen LogP contribution in [0.4, 0.5) is 8.78 Å². The van der Waals surface area contributed by atoms with E-state index in [2.05, 4.69) is 10.6 Å². The molecule has 2 aromatic carbocycles. The second-order valence-corrected chi connectivity index (χ2v) is 10.4. The van der Waals surface area contributed by atoms with Crippen molar-refractivity contribution >= 4 is 35.0 Å². The van der Waals surface area contributed by atoms with Crippen molar-refractivity contribution in [2.75, 3.05) is 19.8 Å². The van der Waals surface area contributed by atoms with Gasteiger partial charge in [-0.2, -0.15) is 0 Å². The molecule has 3 aliphatic rings. The van der Waals surface area contributed by atoms with E-state index in [1.807, 2.05) is 0 Å². The van der Waals surface area contributed by atoms with Crippen LogP contribution in [-0.2, 0) is 9.59 Å². The summed E-state index contributed by atoms with van der Waals surface area (Å²) in [6, 6.07) is 7.62. The maximum absolute atomic E-state index is 13.6. The van der Waals surface area contributed by atoms with E-state index in [1.165, 1.54) is 24.3 Å². The first-order valence-corrected chi connectivity index (χ1v) is 12.4. The molecule has 0 aromatic heterocycles. The van der Waals surface area contributed by atoms with Gasteiger partial charge in [-0.1, -0.05) is 23.2 Å². The van der Waals surface area contributed by atoms with Crippen LogP contribution in [0, 0.1) is 11.6 Å². The molecule has 3 fully saturated rings. The highest BCUT2D eigenvalue weighted by atomic mass is 35.5. The molecule has 3 aliphatic carbocycles. The molecule has 2 bridgehead atoms. The van der Waals surface area contributed by atoms with Gasteiger partial charge in [0.15, 0.2) is 13.2 Å². The maximum atomic E-state index is 13.6. The zero-order valence-corrected chi connectivity index (χ0v) is 21.2. The van der Waals surface area contributed by atoms with E-state index < -0.39 is 53.3 Å². The number of hydrogen-bond acceptors (Lipinski definition) is 6. The van der Waals surface area contributed by atoms with Gasteiger partial charge >= 0.3 is 0 Å². The minimum absolute atomic E-state index is 0.00134. The molecular formula is C25H26Cl2F2N2O6. The number of rotatable bonds is 9. The Balaban J connectivity index is 1.35. The SMILES string of the molecule is O=C(COc1ccc(Cl)c(F)c1)NC12CCC(NC(=O)COc3ccc(Cl)c(F)c3)(CC1)C(O)(CO)C2. The summed E-state index contributed by atoms with van der Waals surface area (Å²) in [6.45, 7) is -1.46. The third kappa shape index (κ3) is 5.77. The number of hydrogen-bond donors (Lipinski definition) is 4. The maximum Gasteiger partial charge on any atom is 0.258 e. The van der Waals surface area contributed by atoms with Crippen molar-refractivity contribution < 1.29 is 38.1 Å². The summed E-state index contributed by atoms with van der Waals surface area (Å²) < 4.78 is 37.9. The average molecular weight is 559 g/mol. The standard InChI is InChI=1S/C25H26Cl2F2N2O6/c26-17-3-1-15(9-19(17)28)36-11-21(33)30-23-5-7-24(8-6-23,25(35,13-23)14-32)31-22(34)12-37-16-2-4-18(27)20(29)10-16/h1-4,9-10,32,35H,5-8,11-14H2,(H,30,33)(H,31,34). The average Bonchev–Trinajstić information content (AvgIpc) is 2.86. The molecule has 5 rings (SSSR count). The molecule has 1 unspecified atom stereocenters. The fourth-order valence-electron chi connectivity index (χ4n) is 5.21. The Morgan fingerprint density at radius 2 is 1.35 bits per heavy atom. The second kappa shape index (κ2) is 10.6. The van der Waals surface area contributed by atoms with Gasteiger partial charge in [0.25, 0.3) is 11.8 Å². The summed E-state index contributed by atoms with van der Waals surface area (Å²) in [4.78, 5) is 25.3. The van der Waals surface area contributed by atoms with Crippen LogP contribution in [0.15, 0.2) is 36.4 Å². The summed E-state index contributed by atoms with van der Waals surface area (Å²) in [5, 5.41) is 27.0. The lowest BCUT2D eigenvalue weighted by Crippen LogP contribution is -2.77. The van der Waals surface area contributed by atoms with Crippen molar-refractivity contribution in [2.24, 2.45) is 0 Å². The van der Waals surface area contributed by atoms with E-state index in [0.717, 1.165) is 12.1 Å². The second-order valence-electron chi connectivity index (χ2n) is 9.55. The summed E-state index contributed by atoms with van der Waals surface area (Å²) in [6.07, 6.45) is 1.44. The highest BCUT2D eigenvalue weighted by molar-refractivity contribution is 6.31. The van der Waals surface area contributed by atoms with Crippen molar-refractivity contribution in [2.45, 2.75) is 48.8 Å². The third-order valence-electron chi connectivity index (χ3n) is 7.15. The molecule has 1 atom stereocenters. The molecule has 12 heteroatoms. The van der Waals surface area contributed by atoms with Crippen LogP contribution in [0.1, 0.15) is 32.1 Å².